The van der Waals surface area contributed by atoms with Crippen molar-refractivity contribution in [3.63, 3.8) is 0 Å². The molecule has 0 spiro atoms. The molecular formula is C126H148BN3. The van der Waals surface area contributed by atoms with Crippen LogP contribution in [0, 0.1) is 0 Å². The third-order valence-electron chi connectivity index (χ3n) is 28.4. The highest BCUT2D eigenvalue weighted by Crippen LogP contribution is 2.58. The highest BCUT2D eigenvalue weighted by molar-refractivity contribution is 7.00. The quantitative estimate of drug-likeness (QED) is 0.133. The summed E-state index contributed by atoms with van der Waals surface area (Å²) in [6.45, 7) is 85.5. The van der Waals surface area contributed by atoms with Gasteiger partial charge in [-0.2, -0.15) is 0 Å². The molecule has 0 amide bonds. The van der Waals surface area contributed by atoms with E-state index in [0.717, 1.165) is 73.1 Å². The molecule has 130 heavy (non-hydrogen) atoms. The van der Waals surface area contributed by atoms with Crippen LogP contribution in [0.15, 0.2) is 243 Å². The van der Waals surface area contributed by atoms with E-state index < -0.39 is 0 Å². The van der Waals surface area contributed by atoms with E-state index in [1.54, 1.807) is 0 Å². The summed E-state index contributed by atoms with van der Waals surface area (Å²) >= 11 is 0. The standard InChI is InChI=1S/C126H148BN3/c1-115(2,3)84-52-46-77(47-53-84)95-40-37-42-97(83-66-92(123(25,26)27)72-93(67-83)124(28,29)30)113(95)129-107-68-79(81-62-88(119(13,14)15)70-89(63-81)120(16,17)18)50-58-103(107)127-104-59-51-80(82-64-90(121(19,20)21)71-91(65-82)122(22,23)24)69-108(104)130(110-76-94(75-109(129)112(110)127)128-105-60-56-86(117(7,8)9)73-99(105)100-74-87(118(10,11)12)57-61-106(100)128)114-96(78-48-54-85(55-49-78)116(4,5)6)41-38-43-98(114)111-101(125(31,32)33)44-39-45-102(111)126(34,35)36/h37-76H,1-36H3. The molecule has 2 aliphatic heterocycles. The Bertz CT molecular complexity index is 6590. The Labute approximate surface area is 784 Å². The van der Waals surface area contributed by atoms with Crippen molar-refractivity contribution in [2.75, 3.05) is 9.80 Å². The largest absolute Gasteiger partial charge is 0.310 e. The minimum absolute atomic E-state index is 0.0878. The molecule has 13 aromatic carbocycles. The van der Waals surface area contributed by atoms with Crippen molar-refractivity contribution in [1.29, 1.82) is 0 Å². The van der Waals surface area contributed by atoms with Gasteiger partial charge in [-0.15, -0.1) is 0 Å². The van der Waals surface area contributed by atoms with Gasteiger partial charge in [0.25, 0.3) is 6.71 Å². The fraction of sp³-hybridized carbons (Fsp3) is 0.381. The van der Waals surface area contributed by atoms with Crippen LogP contribution >= 0.6 is 0 Å². The first kappa shape index (κ1) is 92.6. The smallest absolute Gasteiger partial charge is 0.252 e. The zero-order valence-corrected chi connectivity index (χ0v) is 86.0. The topological polar surface area (TPSA) is 11.4 Å². The maximum atomic E-state index is 2.84. The zero-order valence-electron chi connectivity index (χ0n) is 86.0. The molecule has 0 aliphatic carbocycles. The predicted octanol–water partition coefficient (Wildman–Crippen LogP) is 34.4. The van der Waals surface area contributed by atoms with Crippen LogP contribution in [-0.2, 0) is 65.0 Å². The Hall–Kier alpha value is -10.7. The minimum atomic E-state index is -0.314. The van der Waals surface area contributed by atoms with E-state index in [-0.39, 0.29) is 71.7 Å². The summed E-state index contributed by atoms with van der Waals surface area (Å²) in [5, 5.41) is 2.49. The number of rotatable bonds is 9. The maximum absolute atomic E-state index is 2.84. The van der Waals surface area contributed by atoms with E-state index in [1.165, 1.54) is 138 Å². The number of aromatic nitrogens is 1. The predicted molar refractivity (Wildman–Crippen MR) is 572 cm³/mol. The number of benzene rings is 13. The Morgan fingerprint density at radius 3 is 0.792 bits per heavy atom. The lowest BCUT2D eigenvalue weighted by Crippen LogP contribution is -2.61. The zero-order chi connectivity index (χ0) is 94.5. The van der Waals surface area contributed by atoms with Gasteiger partial charge in [0.15, 0.2) is 0 Å². The lowest BCUT2D eigenvalue weighted by Gasteiger charge is -2.46. The Kier molecular flexibility index (Phi) is 22.4. The second-order valence-corrected chi connectivity index (χ2v) is 51.0. The average molecular weight is 1720 g/mol. The van der Waals surface area contributed by atoms with Crippen molar-refractivity contribution >= 4 is 79.0 Å². The molecule has 1 aromatic heterocycles. The first-order valence-corrected chi connectivity index (χ1v) is 48.3. The fourth-order valence-corrected chi connectivity index (χ4v) is 20.0. The van der Waals surface area contributed by atoms with Gasteiger partial charge in [0.2, 0.25) is 0 Å². The van der Waals surface area contributed by atoms with Crippen molar-refractivity contribution in [2.24, 2.45) is 0 Å². The van der Waals surface area contributed by atoms with Gasteiger partial charge in [0.1, 0.15) is 0 Å². The Balaban J connectivity index is 1.20. The summed E-state index contributed by atoms with van der Waals surface area (Å²) in [6.07, 6.45) is 0. The Morgan fingerprint density at radius 2 is 0.477 bits per heavy atom. The molecule has 3 nitrogen and oxygen atoms in total. The highest BCUT2D eigenvalue weighted by Gasteiger charge is 2.47. The summed E-state index contributed by atoms with van der Waals surface area (Å²) in [5.41, 5.74) is 42.0. The monoisotopic (exact) mass is 1710 g/mol. The van der Waals surface area contributed by atoms with Crippen LogP contribution in [0.3, 0.4) is 0 Å². The molecule has 0 fully saturated rings. The molecular weight excluding hydrogens is 1570 g/mol. The van der Waals surface area contributed by atoms with Crippen LogP contribution < -0.4 is 26.2 Å². The second kappa shape index (κ2) is 31.5. The number of para-hydroxylation sites is 2. The highest BCUT2D eigenvalue weighted by atomic mass is 15.2. The molecule has 0 saturated carbocycles. The number of hydrogen-bond donors (Lipinski definition) is 0. The summed E-state index contributed by atoms with van der Waals surface area (Å²) in [6, 6.07) is 99.4. The first-order chi connectivity index (χ1) is 60.0. The van der Waals surface area contributed by atoms with Crippen molar-refractivity contribution in [2.45, 2.75) is 314 Å². The van der Waals surface area contributed by atoms with Gasteiger partial charge < -0.3 is 14.4 Å². The minimum Gasteiger partial charge on any atom is -0.310 e. The molecule has 0 N–H and O–H groups in total. The Morgan fingerprint density at radius 1 is 0.200 bits per heavy atom. The average Bonchev–Trinajstić information content (AvgIpc) is 0.866. The molecule has 670 valence electrons. The number of hydrogen-bond acceptors (Lipinski definition) is 2. The summed E-state index contributed by atoms with van der Waals surface area (Å²) in [7, 11) is 0. The van der Waals surface area contributed by atoms with Gasteiger partial charge in [-0.3, -0.25) is 0 Å². The van der Waals surface area contributed by atoms with Gasteiger partial charge in [0.05, 0.1) is 28.1 Å². The molecule has 0 bridgehead atoms. The normalized spacial score (nSPS) is 14.0. The third-order valence-corrected chi connectivity index (χ3v) is 28.4. The third kappa shape index (κ3) is 17.3. The van der Waals surface area contributed by atoms with E-state index >= 15 is 0 Å². The van der Waals surface area contributed by atoms with Gasteiger partial charge in [-0.05, 0) is 241 Å². The van der Waals surface area contributed by atoms with Gasteiger partial charge in [-0.25, -0.2) is 0 Å². The van der Waals surface area contributed by atoms with Gasteiger partial charge in [-0.1, -0.05) is 443 Å². The van der Waals surface area contributed by atoms with Crippen molar-refractivity contribution in [3.05, 3.63) is 309 Å². The van der Waals surface area contributed by atoms with Crippen LogP contribution in [0.5, 0.6) is 0 Å². The number of fused-ring (bicyclic) bond motifs is 7. The van der Waals surface area contributed by atoms with Gasteiger partial charge in [0, 0.05) is 55.8 Å². The van der Waals surface area contributed by atoms with E-state index in [9.17, 15) is 0 Å². The van der Waals surface area contributed by atoms with Gasteiger partial charge >= 0.3 is 0 Å². The van der Waals surface area contributed by atoms with Crippen molar-refractivity contribution < 1.29 is 0 Å². The lowest BCUT2D eigenvalue weighted by atomic mass is 9.33. The van der Waals surface area contributed by atoms with E-state index in [2.05, 4.69) is 506 Å². The molecule has 0 unspecified atom stereocenters. The van der Waals surface area contributed by atoms with Crippen LogP contribution in [-0.4, -0.2) is 11.3 Å². The van der Waals surface area contributed by atoms with Crippen LogP contribution in [0.4, 0.5) is 34.1 Å². The summed E-state index contributed by atoms with van der Waals surface area (Å²) < 4.78 is 2.67. The molecule has 14 aromatic rings. The molecule has 0 radical (unpaired) electrons. The second-order valence-electron chi connectivity index (χ2n) is 51.0. The molecule has 2 aliphatic rings. The van der Waals surface area contributed by atoms with Crippen molar-refractivity contribution in [1.82, 2.24) is 4.57 Å². The van der Waals surface area contributed by atoms with Crippen LogP contribution in [0.1, 0.15) is 316 Å². The number of anilines is 6. The molecule has 16 rings (SSSR count). The molecule has 4 heteroatoms. The maximum Gasteiger partial charge on any atom is 0.252 e. The SMILES string of the molecule is CC(C)(C)c1ccc(-c2cccc(-c3cc(C(C)(C)C)cc(C(C)(C)C)c3)c2N2c3cc(-c4cc(C(C)(C)C)cc(C(C)(C)C)c4)ccc3B3c4ccc(-c5cc(C(C)(C)C)cc(C(C)(C)C)c5)cc4N(c4c(-c5ccc(C(C)(C)C)cc5)cccc4-c4c(C(C)(C)C)cccc4C(C)(C)C)c4cc(-n5c6ccc(C(C)(C)C)cc6c6cc(C(C)(C)C)ccc65)cc2c43)cc1. The van der Waals surface area contributed by atoms with E-state index in [4.69, 9.17) is 0 Å². The fourth-order valence-electron chi connectivity index (χ4n) is 20.0. The molecule has 3 heterocycles. The van der Waals surface area contributed by atoms with E-state index in [1.807, 2.05) is 0 Å². The summed E-state index contributed by atoms with van der Waals surface area (Å²) in [5.74, 6) is 0. The van der Waals surface area contributed by atoms with E-state index in [0.29, 0.717) is 0 Å². The van der Waals surface area contributed by atoms with Crippen molar-refractivity contribution in [3.8, 4) is 72.4 Å². The van der Waals surface area contributed by atoms with Crippen LogP contribution in [0.2, 0.25) is 0 Å². The summed E-state index contributed by atoms with van der Waals surface area (Å²) in [4.78, 5) is 5.67. The first-order valence-electron chi connectivity index (χ1n) is 48.3. The molecule has 0 saturated heterocycles. The molecule has 0 atom stereocenters. The lowest BCUT2D eigenvalue weighted by molar-refractivity contribution is 0.568. The van der Waals surface area contributed by atoms with Crippen LogP contribution in [0.25, 0.3) is 94.3 Å². The number of nitrogens with zero attached hydrogens (tertiary/aromatic N) is 3.